The minimum atomic E-state index is -0.710. The van der Waals surface area contributed by atoms with Gasteiger partial charge in [0.15, 0.2) is 11.6 Å². The van der Waals surface area contributed by atoms with Gasteiger partial charge in [-0.15, -0.1) is 0 Å². The van der Waals surface area contributed by atoms with Crippen LogP contribution in [-0.4, -0.2) is 45.0 Å². The zero-order valence-electron chi connectivity index (χ0n) is 23.1. The molecule has 210 valence electrons. The predicted molar refractivity (Wildman–Crippen MR) is 153 cm³/mol. The van der Waals surface area contributed by atoms with E-state index < -0.39 is 17.5 Å². The lowest BCUT2D eigenvalue weighted by molar-refractivity contribution is 0.0277. The summed E-state index contributed by atoms with van der Waals surface area (Å²) in [6, 6.07) is 10.4. The van der Waals surface area contributed by atoms with Crippen LogP contribution < -0.4 is 16.3 Å². The number of carbonyl (C=O) groups is 1. The van der Waals surface area contributed by atoms with Gasteiger partial charge < -0.3 is 24.4 Å². The molecule has 1 fully saturated rings. The zero-order valence-corrected chi connectivity index (χ0v) is 23.1. The van der Waals surface area contributed by atoms with E-state index in [9.17, 15) is 9.59 Å². The van der Waals surface area contributed by atoms with Crippen molar-refractivity contribution in [1.29, 1.82) is 0 Å². The van der Waals surface area contributed by atoms with Crippen LogP contribution in [0.2, 0.25) is 0 Å². The van der Waals surface area contributed by atoms with Crippen molar-refractivity contribution in [3.63, 3.8) is 0 Å². The van der Waals surface area contributed by atoms with Gasteiger partial charge in [0.25, 0.3) is 0 Å². The molecule has 0 radical (unpaired) electrons. The first-order valence-corrected chi connectivity index (χ1v) is 13.4. The Labute approximate surface area is 234 Å². The van der Waals surface area contributed by atoms with E-state index in [0.717, 1.165) is 5.82 Å². The van der Waals surface area contributed by atoms with Gasteiger partial charge in [0, 0.05) is 53.6 Å². The molecule has 4 heterocycles. The van der Waals surface area contributed by atoms with Crippen molar-refractivity contribution in [3.8, 4) is 11.3 Å². The molecule has 2 aromatic carbocycles. The van der Waals surface area contributed by atoms with Gasteiger partial charge in [0.05, 0.1) is 23.9 Å². The summed E-state index contributed by atoms with van der Waals surface area (Å²) in [4.78, 5) is 38.6. The van der Waals surface area contributed by atoms with Gasteiger partial charge in [-0.2, -0.15) is 0 Å². The number of hydrogen-bond acceptors (Lipinski definition) is 9. The number of rotatable bonds is 6. The molecule has 3 aromatic heterocycles. The van der Waals surface area contributed by atoms with Gasteiger partial charge in [-0.05, 0) is 58.0 Å². The number of aromatic nitrogens is 4. The number of nitrogens with one attached hydrogen (secondary N) is 2. The van der Waals surface area contributed by atoms with Crippen LogP contribution in [0.3, 0.4) is 0 Å². The summed E-state index contributed by atoms with van der Waals surface area (Å²) in [7, 11) is 0. The molecule has 5 aromatic rings. The third-order valence-corrected chi connectivity index (χ3v) is 7.20. The molecule has 11 heteroatoms. The zero-order chi connectivity index (χ0) is 28.8. The van der Waals surface area contributed by atoms with E-state index in [1.807, 2.05) is 31.4 Å². The second-order valence-electron chi connectivity index (χ2n) is 10.3. The van der Waals surface area contributed by atoms with E-state index in [1.54, 1.807) is 30.5 Å². The van der Waals surface area contributed by atoms with Crippen molar-refractivity contribution in [2.75, 3.05) is 25.0 Å². The number of morpholine rings is 1. The van der Waals surface area contributed by atoms with Crippen molar-refractivity contribution in [1.82, 2.24) is 24.8 Å². The average Bonchev–Trinajstić information content (AvgIpc) is 3.29. The van der Waals surface area contributed by atoms with Crippen LogP contribution in [0.5, 0.6) is 0 Å². The fourth-order valence-electron chi connectivity index (χ4n) is 5.50. The number of ether oxygens (including phenoxy) is 1. The molecule has 0 amide bonds. The van der Waals surface area contributed by atoms with E-state index in [1.165, 1.54) is 13.0 Å². The maximum Gasteiger partial charge on any atom is 0.347 e. The summed E-state index contributed by atoms with van der Waals surface area (Å²) in [5.41, 5.74) is 2.82. The number of fused-ring (bicyclic) bond motifs is 2. The summed E-state index contributed by atoms with van der Waals surface area (Å²) in [6.45, 7) is 8.90. The molecule has 1 aliphatic rings. The highest BCUT2D eigenvalue weighted by molar-refractivity contribution is 6.00. The lowest BCUT2D eigenvalue weighted by Gasteiger charge is -2.26. The Morgan fingerprint density at radius 1 is 1.20 bits per heavy atom. The van der Waals surface area contributed by atoms with Crippen LogP contribution in [0.4, 0.5) is 16.0 Å². The Kier molecular flexibility index (Phi) is 6.84. The monoisotopic (exact) mass is 556 g/mol. The second kappa shape index (κ2) is 10.5. The van der Waals surface area contributed by atoms with Crippen LogP contribution in [0.1, 0.15) is 54.7 Å². The molecule has 2 N–H and O–H groups in total. The van der Waals surface area contributed by atoms with Crippen molar-refractivity contribution in [2.24, 2.45) is 0 Å². The Balaban J connectivity index is 1.37. The molecule has 41 heavy (non-hydrogen) atoms. The minimum absolute atomic E-state index is 0.00106. The Hall–Kier alpha value is -4.48. The molecule has 0 saturated carbocycles. The number of halogens is 1. The Bertz CT molecular complexity index is 1870. The van der Waals surface area contributed by atoms with E-state index >= 15 is 4.39 Å². The molecule has 1 unspecified atom stereocenters. The van der Waals surface area contributed by atoms with Gasteiger partial charge in [-0.1, -0.05) is 0 Å². The SMILES string of the molecule is CC(=O)c1c(C2CNCCO2)c2ccc(Nc3nccc(-c4cc(F)c5nc(C)n(C(C)C)c5c4)n3)cc2oc1=O. The number of Topliss-reactive ketones (excluding diaryl/α,β-unsaturated/α-hetero) is 1. The molecular weight excluding hydrogens is 527 g/mol. The first-order valence-electron chi connectivity index (χ1n) is 13.4. The van der Waals surface area contributed by atoms with Crippen LogP contribution >= 0.6 is 0 Å². The molecule has 1 aliphatic heterocycles. The number of nitrogens with zero attached hydrogens (tertiary/aromatic N) is 4. The van der Waals surface area contributed by atoms with Gasteiger partial charge in [0.1, 0.15) is 22.5 Å². The molecule has 1 atom stereocenters. The molecule has 0 aliphatic carbocycles. The smallest absolute Gasteiger partial charge is 0.347 e. The lowest BCUT2D eigenvalue weighted by Crippen LogP contribution is -2.35. The van der Waals surface area contributed by atoms with Crippen LogP contribution in [0, 0.1) is 12.7 Å². The number of ketones is 1. The number of imidazole rings is 1. The van der Waals surface area contributed by atoms with E-state index in [0.29, 0.717) is 64.2 Å². The normalized spacial score (nSPS) is 15.6. The molecule has 0 spiro atoms. The van der Waals surface area contributed by atoms with E-state index in [-0.39, 0.29) is 23.3 Å². The average molecular weight is 557 g/mol. The van der Waals surface area contributed by atoms with Crippen LogP contribution in [-0.2, 0) is 4.74 Å². The van der Waals surface area contributed by atoms with Crippen LogP contribution in [0.15, 0.2) is 51.8 Å². The topological polar surface area (TPSA) is 124 Å². The van der Waals surface area contributed by atoms with Gasteiger partial charge >= 0.3 is 5.63 Å². The first kappa shape index (κ1) is 26.7. The quantitative estimate of drug-likeness (QED) is 0.214. The van der Waals surface area contributed by atoms with Gasteiger partial charge in [-0.3, -0.25) is 4.79 Å². The summed E-state index contributed by atoms with van der Waals surface area (Å²) >= 11 is 0. The highest BCUT2D eigenvalue weighted by Gasteiger charge is 2.27. The molecule has 0 bridgehead atoms. The number of benzene rings is 2. The maximum absolute atomic E-state index is 15.1. The predicted octanol–water partition coefficient (Wildman–Crippen LogP) is 5.24. The molecular formula is C30H29FN6O4. The lowest BCUT2D eigenvalue weighted by atomic mass is 9.96. The highest BCUT2D eigenvalue weighted by Crippen LogP contribution is 2.32. The van der Waals surface area contributed by atoms with Crippen molar-refractivity contribution < 1.29 is 18.3 Å². The Morgan fingerprint density at radius 2 is 2.02 bits per heavy atom. The number of anilines is 2. The second-order valence-corrected chi connectivity index (χ2v) is 10.3. The van der Waals surface area contributed by atoms with Gasteiger partial charge in [0.2, 0.25) is 5.95 Å². The Morgan fingerprint density at radius 3 is 2.76 bits per heavy atom. The fourth-order valence-corrected chi connectivity index (χ4v) is 5.50. The number of carbonyl (C=O) groups excluding carboxylic acids is 1. The van der Waals surface area contributed by atoms with Crippen molar-refractivity contribution >= 4 is 39.4 Å². The third-order valence-electron chi connectivity index (χ3n) is 7.20. The van der Waals surface area contributed by atoms with E-state index in [2.05, 4.69) is 25.6 Å². The van der Waals surface area contributed by atoms with Crippen molar-refractivity contribution in [3.05, 3.63) is 75.8 Å². The van der Waals surface area contributed by atoms with E-state index in [4.69, 9.17) is 9.15 Å². The number of hydrogen-bond donors (Lipinski definition) is 2. The standard InChI is InChI=1S/C30H29FN6O4/c1-15(2)37-17(4)34-28-21(31)11-18(12-23(28)37)22-7-8-33-30(36-22)35-19-5-6-20-24(13-19)41-29(39)26(16(3)38)27(20)25-14-32-9-10-40-25/h5-8,11-13,15,25,32H,9-10,14H2,1-4H3,(H,33,35,36). The summed E-state index contributed by atoms with van der Waals surface area (Å²) in [6.07, 6.45) is 1.13. The van der Waals surface area contributed by atoms with Crippen molar-refractivity contribution in [2.45, 2.75) is 39.8 Å². The molecule has 10 nitrogen and oxygen atoms in total. The summed E-state index contributed by atoms with van der Waals surface area (Å²) in [5.74, 6) is 0.219. The minimum Gasteiger partial charge on any atom is -0.422 e. The summed E-state index contributed by atoms with van der Waals surface area (Å²) in [5, 5.41) is 7.00. The largest absolute Gasteiger partial charge is 0.422 e. The number of aryl methyl sites for hydroxylation is 1. The molecule has 6 rings (SSSR count). The first-order chi connectivity index (χ1) is 19.7. The molecule has 1 saturated heterocycles. The van der Waals surface area contributed by atoms with Crippen LogP contribution in [0.25, 0.3) is 33.3 Å². The van der Waals surface area contributed by atoms with Gasteiger partial charge in [-0.25, -0.2) is 24.1 Å². The summed E-state index contributed by atoms with van der Waals surface area (Å²) < 4.78 is 28.5. The third kappa shape index (κ3) is 4.87. The fraction of sp³-hybridized carbons (Fsp3) is 0.300. The highest BCUT2D eigenvalue weighted by atomic mass is 19.1. The maximum atomic E-state index is 15.1.